The summed E-state index contributed by atoms with van der Waals surface area (Å²) in [5, 5.41) is 11.6. The van der Waals surface area contributed by atoms with Crippen molar-refractivity contribution < 1.29 is 35.2 Å². The lowest BCUT2D eigenvalue weighted by atomic mass is 10.0. The number of aromatic nitrogens is 1. The fraction of sp³-hybridized carbons (Fsp3) is 0.125. The highest BCUT2D eigenvalue weighted by Crippen LogP contribution is 2.32. The summed E-state index contributed by atoms with van der Waals surface area (Å²) >= 11 is 0. The molecule has 0 aliphatic carbocycles. The number of nitriles is 1. The van der Waals surface area contributed by atoms with Crippen LogP contribution in [0.5, 0.6) is 0 Å². The molecule has 2 aromatic carbocycles. The molecule has 192 valence electrons. The molecule has 0 unspecified atom stereocenters. The van der Waals surface area contributed by atoms with E-state index in [1.807, 2.05) is 4.72 Å². The Labute approximate surface area is 208 Å². The van der Waals surface area contributed by atoms with Gasteiger partial charge in [-0.3, -0.25) is 9.52 Å². The molecule has 1 amide bonds. The number of sulfonamides is 1. The number of amides is 1. The van der Waals surface area contributed by atoms with Crippen LogP contribution in [-0.4, -0.2) is 25.6 Å². The number of hydrogen-bond acceptors (Lipinski definition) is 5. The van der Waals surface area contributed by atoms with E-state index in [-0.39, 0.29) is 34.5 Å². The Bertz CT molecular complexity index is 1530. The second-order valence-corrected chi connectivity index (χ2v) is 9.43. The van der Waals surface area contributed by atoms with Crippen molar-refractivity contribution in [2.24, 2.45) is 0 Å². The van der Waals surface area contributed by atoms with Crippen molar-refractivity contribution in [2.75, 3.05) is 11.0 Å². The number of alkyl halides is 3. The molecule has 0 bridgehead atoms. The van der Waals surface area contributed by atoms with Crippen LogP contribution in [0.4, 0.5) is 27.6 Å². The number of anilines is 1. The van der Waals surface area contributed by atoms with E-state index in [4.69, 9.17) is 0 Å². The third-order valence-electron chi connectivity index (χ3n) is 4.75. The Morgan fingerprint density at radius 2 is 1.86 bits per heavy atom. The normalized spacial score (nSPS) is 11.8. The van der Waals surface area contributed by atoms with Gasteiger partial charge in [-0.1, -0.05) is 18.2 Å². The first kappa shape index (κ1) is 27.3. The predicted molar refractivity (Wildman–Crippen MR) is 125 cm³/mol. The molecule has 0 radical (unpaired) electrons. The fourth-order valence-electron chi connectivity index (χ4n) is 3.19. The van der Waals surface area contributed by atoms with Gasteiger partial charge >= 0.3 is 6.18 Å². The number of hydrogen-bond donors (Lipinski definition) is 2. The maximum Gasteiger partial charge on any atom is 0.433 e. The van der Waals surface area contributed by atoms with Crippen LogP contribution < -0.4 is 10.0 Å². The fourth-order valence-corrected chi connectivity index (χ4v) is 3.76. The number of benzene rings is 2. The van der Waals surface area contributed by atoms with Gasteiger partial charge in [-0.25, -0.2) is 22.2 Å². The quantitative estimate of drug-likeness (QED) is 0.338. The summed E-state index contributed by atoms with van der Waals surface area (Å²) in [5.74, 6) is -2.44. The van der Waals surface area contributed by atoms with Crippen LogP contribution in [0.1, 0.15) is 22.4 Å². The number of halogens is 5. The van der Waals surface area contributed by atoms with Crippen molar-refractivity contribution >= 4 is 27.7 Å². The molecule has 0 aliphatic heterocycles. The number of carbonyl (C=O) groups is 1. The highest BCUT2D eigenvalue weighted by molar-refractivity contribution is 7.92. The molecule has 3 aromatic rings. The van der Waals surface area contributed by atoms with Gasteiger partial charge in [0.25, 0.3) is 0 Å². The van der Waals surface area contributed by atoms with Gasteiger partial charge in [-0.05, 0) is 42.0 Å². The minimum Gasteiger partial charge on any atom is -0.348 e. The van der Waals surface area contributed by atoms with Crippen molar-refractivity contribution in [1.29, 1.82) is 5.26 Å². The van der Waals surface area contributed by atoms with Gasteiger partial charge in [0.2, 0.25) is 15.9 Å². The lowest BCUT2D eigenvalue weighted by Crippen LogP contribution is -2.21. The zero-order valence-electron chi connectivity index (χ0n) is 18.9. The SMILES string of the molecule is CS(=O)(=O)Nc1c(F)cc(CNC(=O)C=Cc2ccc(C(F)(F)F)nc2-c2cccc(F)c2)cc1C#N. The smallest absolute Gasteiger partial charge is 0.348 e. The number of nitrogens with zero attached hydrogens (tertiary/aromatic N) is 2. The van der Waals surface area contributed by atoms with E-state index in [1.54, 1.807) is 6.07 Å². The maximum atomic E-state index is 14.4. The molecule has 37 heavy (non-hydrogen) atoms. The first-order valence-corrected chi connectivity index (χ1v) is 12.2. The van der Waals surface area contributed by atoms with Crippen LogP contribution in [0, 0.1) is 23.0 Å². The number of nitrogens with one attached hydrogen (secondary N) is 2. The van der Waals surface area contributed by atoms with Crippen molar-refractivity contribution in [1.82, 2.24) is 10.3 Å². The van der Waals surface area contributed by atoms with Crippen LogP contribution in [0.2, 0.25) is 0 Å². The summed E-state index contributed by atoms with van der Waals surface area (Å²) in [6.45, 7) is -0.254. The monoisotopic (exact) mass is 536 g/mol. The predicted octanol–water partition coefficient (Wildman–Crippen LogP) is 4.62. The van der Waals surface area contributed by atoms with Gasteiger partial charge in [0, 0.05) is 23.7 Å². The summed E-state index contributed by atoms with van der Waals surface area (Å²) < 4.78 is 92.2. The zero-order valence-corrected chi connectivity index (χ0v) is 19.7. The van der Waals surface area contributed by atoms with Crippen molar-refractivity contribution in [3.63, 3.8) is 0 Å². The van der Waals surface area contributed by atoms with Gasteiger partial charge < -0.3 is 5.32 Å². The highest BCUT2D eigenvalue weighted by atomic mass is 32.2. The minimum atomic E-state index is -4.74. The number of rotatable bonds is 7. The van der Waals surface area contributed by atoms with Crippen LogP contribution in [-0.2, 0) is 27.5 Å². The first-order valence-electron chi connectivity index (χ1n) is 10.3. The average Bonchev–Trinajstić information content (AvgIpc) is 2.81. The van der Waals surface area contributed by atoms with E-state index in [0.717, 1.165) is 42.7 Å². The first-order chi connectivity index (χ1) is 17.3. The summed E-state index contributed by atoms with van der Waals surface area (Å²) in [7, 11) is -3.85. The second kappa shape index (κ2) is 10.8. The topological polar surface area (TPSA) is 112 Å². The molecule has 0 spiro atoms. The summed E-state index contributed by atoms with van der Waals surface area (Å²) in [6.07, 6.45) is -1.77. The Balaban J connectivity index is 1.82. The number of carbonyl (C=O) groups excluding carboxylic acids is 1. The second-order valence-electron chi connectivity index (χ2n) is 7.68. The van der Waals surface area contributed by atoms with Crippen molar-refractivity contribution in [3.05, 3.63) is 88.6 Å². The molecule has 0 aliphatic rings. The molecule has 2 N–H and O–H groups in total. The molecule has 0 fully saturated rings. The van der Waals surface area contributed by atoms with Crippen molar-refractivity contribution in [3.8, 4) is 17.3 Å². The molecule has 0 saturated heterocycles. The summed E-state index contributed by atoms with van der Waals surface area (Å²) in [5.41, 5.74) is -1.92. The third kappa shape index (κ3) is 7.34. The lowest BCUT2D eigenvalue weighted by Gasteiger charge is -2.11. The zero-order chi connectivity index (χ0) is 27.4. The van der Waals surface area contributed by atoms with Crippen molar-refractivity contribution in [2.45, 2.75) is 12.7 Å². The number of pyridine rings is 1. The van der Waals surface area contributed by atoms with Crippen LogP contribution in [0.25, 0.3) is 17.3 Å². The standard InChI is InChI=1S/C24H17F5N4O3S/c1-37(35,36)33-23-17(12-30)9-14(10-19(23)26)13-31-21(34)8-6-15-5-7-20(24(27,28)29)32-22(15)16-3-2-4-18(25)11-16/h2-11,33H,13H2,1H3,(H,31,34). The van der Waals surface area contributed by atoms with E-state index in [2.05, 4.69) is 10.3 Å². The summed E-state index contributed by atoms with van der Waals surface area (Å²) in [6, 6.07) is 10.4. The van der Waals surface area contributed by atoms with Gasteiger partial charge in [0.15, 0.2) is 0 Å². The molecule has 0 atom stereocenters. The molecule has 7 nitrogen and oxygen atoms in total. The van der Waals surface area contributed by atoms with Gasteiger partial charge in [-0.15, -0.1) is 0 Å². The molecule has 13 heteroatoms. The molecule has 3 rings (SSSR count). The highest BCUT2D eigenvalue weighted by Gasteiger charge is 2.33. The van der Waals surface area contributed by atoms with E-state index < -0.39 is 45.1 Å². The third-order valence-corrected chi connectivity index (χ3v) is 5.33. The Morgan fingerprint density at radius 1 is 1.14 bits per heavy atom. The molecule has 1 aromatic heterocycles. The molecular formula is C24H17F5N4O3S. The lowest BCUT2D eigenvalue weighted by molar-refractivity contribution is -0.141. The minimum absolute atomic E-state index is 0.0634. The van der Waals surface area contributed by atoms with Gasteiger partial charge in [0.05, 0.1) is 17.5 Å². The molecule has 0 saturated carbocycles. The van der Waals surface area contributed by atoms with Crippen LogP contribution in [0.15, 0.2) is 54.6 Å². The van der Waals surface area contributed by atoms with Crippen LogP contribution >= 0.6 is 0 Å². The van der Waals surface area contributed by atoms with E-state index in [0.29, 0.717) is 0 Å². The Hall–Kier alpha value is -4.31. The largest absolute Gasteiger partial charge is 0.433 e. The van der Waals surface area contributed by atoms with Gasteiger partial charge in [-0.2, -0.15) is 18.4 Å². The summed E-state index contributed by atoms with van der Waals surface area (Å²) in [4.78, 5) is 15.9. The van der Waals surface area contributed by atoms with Gasteiger partial charge in [0.1, 0.15) is 29.1 Å². The Kier molecular flexibility index (Phi) is 7.93. The van der Waals surface area contributed by atoms with E-state index >= 15 is 0 Å². The molecular weight excluding hydrogens is 519 g/mol. The molecule has 1 heterocycles. The van der Waals surface area contributed by atoms with E-state index in [1.165, 1.54) is 24.3 Å². The maximum absolute atomic E-state index is 14.4. The van der Waals surface area contributed by atoms with Crippen LogP contribution in [0.3, 0.4) is 0 Å². The average molecular weight is 536 g/mol. The Morgan fingerprint density at radius 3 is 2.49 bits per heavy atom. The van der Waals surface area contributed by atoms with E-state index in [9.17, 15) is 40.4 Å².